The van der Waals surface area contributed by atoms with Crippen molar-refractivity contribution in [1.29, 1.82) is 0 Å². The summed E-state index contributed by atoms with van der Waals surface area (Å²) < 4.78 is 0. The van der Waals surface area contributed by atoms with Gasteiger partial charge in [0.05, 0.1) is 17.9 Å². The van der Waals surface area contributed by atoms with E-state index in [0.717, 1.165) is 6.54 Å². The van der Waals surface area contributed by atoms with Gasteiger partial charge in [-0.2, -0.15) is 0 Å². The van der Waals surface area contributed by atoms with Gasteiger partial charge in [-0.1, -0.05) is 36.4 Å². The van der Waals surface area contributed by atoms with E-state index in [0.29, 0.717) is 17.9 Å². The summed E-state index contributed by atoms with van der Waals surface area (Å²) in [4.78, 5) is 14.0. The Labute approximate surface area is 125 Å². The molecule has 4 nitrogen and oxygen atoms in total. The molecule has 0 bridgehead atoms. The van der Waals surface area contributed by atoms with Crippen molar-refractivity contribution >= 4 is 17.3 Å². The van der Waals surface area contributed by atoms with E-state index in [9.17, 15) is 4.79 Å². The van der Waals surface area contributed by atoms with Gasteiger partial charge >= 0.3 is 0 Å². The van der Waals surface area contributed by atoms with Crippen LogP contribution in [0.15, 0.2) is 48.5 Å². The molecular weight excluding hydrogens is 262 g/mol. The summed E-state index contributed by atoms with van der Waals surface area (Å²) in [5.41, 5.74) is 9.51. The number of carbonyl (C=O) groups is 1. The van der Waals surface area contributed by atoms with Gasteiger partial charge in [-0.05, 0) is 37.2 Å². The second-order valence-corrected chi connectivity index (χ2v) is 5.23. The van der Waals surface area contributed by atoms with Crippen LogP contribution in [-0.4, -0.2) is 24.4 Å². The number of nitrogens with zero attached hydrogens (tertiary/aromatic N) is 1. The molecule has 4 heteroatoms. The van der Waals surface area contributed by atoms with Gasteiger partial charge in [0.15, 0.2) is 0 Å². The summed E-state index contributed by atoms with van der Waals surface area (Å²) in [6.45, 7) is 3.14. The number of likely N-dealkylation sites (N-methyl/N-ethyl adjacent to an activating group) is 1. The first-order chi connectivity index (χ1) is 10.1. The smallest absolute Gasteiger partial charge is 0.238 e. The fraction of sp³-hybridized carbons (Fsp3) is 0.235. The molecular formula is C17H21N3O. The number of hydrogen-bond acceptors (Lipinski definition) is 3. The molecule has 0 saturated heterocycles. The molecule has 0 atom stereocenters. The van der Waals surface area contributed by atoms with Crippen molar-refractivity contribution in [3.63, 3.8) is 0 Å². The minimum Gasteiger partial charge on any atom is -0.397 e. The standard InChI is InChI=1S/C17H21N3O/c1-13-7-3-4-8-14(13)11-20(2)12-17(21)19-16-10-6-5-9-15(16)18/h3-10H,11-12,18H2,1-2H3,(H,19,21). The topological polar surface area (TPSA) is 58.4 Å². The molecule has 2 rings (SSSR count). The molecule has 0 heterocycles. The zero-order valence-electron chi connectivity index (χ0n) is 12.5. The number of para-hydroxylation sites is 2. The van der Waals surface area contributed by atoms with Crippen LogP contribution in [0, 0.1) is 6.92 Å². The lowest BCUT2D eigenvalue weighted by Gasteiger charge is -2.18. The SMILES string of the molecule is Cc1ccccc1CN(C)CC(=O)Nc1ccccc1N. The number of nitrogen functional groups attached to an aromatic ring is 1. The summed E-state index contributed by atoms with van der Waals surface area (Å²) in [7, 11) is 1.93. The van der Waals surface area contributed by atoms with Crippen LogP contribution >= 0.6 is 0 Å². The third-order valence-corrected chi connectivity index (χ3v) is 3.35. The fourth-order valence-corrected chi connectivity index (χ4v) is 2.18. The van der Waals surface area contributed by atoms with Crippen molar-refractivity contribution < 1.29 is 4.79 Å². The minimum atomic E-state index is -0.0658. The molecule has 0 aliphatic rings. The lowest BCUT2D eigenvalue weighted by Crippen LogP contribution is -2.30. The van der Waals surface area contributed by atoms with E-state index in [1.807, 2.05) is 36.2 Å². The molecule has 0 aliphatic carbocycles. The van der Waals surface area contributed by atoms with Crippen LogP contribution in [-0.2, 0) is 11.3 Å². The molecule has 0 radical (unpaired) electrons. The molecule has 0 aliphatic heterocycles. The second kappa shape index (κ2) is 6.90. The van der Waals surface area contributed by atoms with E-state index >= 15 is 0 Å². The normalized spacial score (nSPS) is 10.6. The molecule has 2 aromatic rings. The zero-order chi connectivity index (χ0) is 15.2. The van der Waals surface area contributed by atoms with Crippen LogP contribution in [0.4, 0.5) is 11.4 Å². The highest BCUT2D eigenvalue weighted by Crippen LogP contribution is 2.16. The van der Waals surface area contributed by atoms with E-state index in [2.05, 4.69) is 24.4 Å². The number of anilines is 2. The molecule has 0 fully saturated rings. The van der Waals surface area contributed by atoms with Gasteiger partial charge in [0.2, 0.25) is 5.91 Å². The van der Waals surface area contributed by atoms with Crippen molar-refractivity contribution in [3.05, 3.63) is 59.7 Å². The maximum absolute atomic E-state index is 12.0. The van der Waals surface area contributed by atoms with Crippen LogP contribution in [0.25, 0.3) is 0 Å². The number of rotatable bonds is 5. The monoisotopic (exact) mass is 283 g/mol. The maximum atomic E-state index is 12.0. The van der Waals surface area contributed by atoms with E-state index in [1.54, 1.807) is 12.1 Å². The van der Waals surface area contributed by atoms with Gasteiger partial charge in [0, 0.05) is 6.54 Å². The largest absolute Gasteiger partial charge is 0.397 e. The van der Waals surface area contributed by atoms with Crippen LogP contribution in [0.3, 0.4) is 0 Å². The average molecular weight is 283 g/mol. The Hall–Kier alpha value is -2.33. The zero-order valence-corrected chi connectivity index (χ0v) is 12.5. The number of carbonyl (C=O) groups excluding carboxylic acids is 1. The van der Waals surface area contributed by atoms with E-state index in [4.69, 9.17) is 5.73 Å². The van der Waals surface area contributed by atoms with E-state index in [-0.39, 0.29) is 5.91 Å². The molecule has 110 valence electrons. The van der Waals surface area contributed by atoms with Crippen LogP contribution in [0.1, 0.15) is 11.1 Å². The van der Waals surface area contributed by atoms with E-state index < -0.39 is 0 Å². The van der Waals surface area contributed by atoms with Crippen molar-refractivity contribution in [1.82, 2.24) is 4.90 Å². The number of benzene rings is 2. The summed E-state index contributed by atoms with van der Waals surface area (Å²) in [5.74, 6) is -0.0658. The second-order valence-electron chi connectivity index (χ2n) is 5.23. The lowest BCUT2D eigenvalue weighted by atomic mass is 10.1. The molecule has 3 N–H and O–H groups in total. The Morgan fingerprint density at radius 3 is 2.52 bits per heavy atom. The van der Waals surface area contributed by atoms with Gasteiger partial charge in [0.25, 0.3) is 0 Å². The molecule has 1 amide bonds. The minimum absolute atomic E-state index is 0.0658. The molecule has 0 saturated carbocycles. The van der Waals surface area contributed by atoms with Gasteiger partial charge < -0.3 is 11.1 Å². The summed E-state index contributed by atoms with van der Waals surface area (Å²) >= 11 is 0. The van der Waals surface area contributed by atoms with Crippen molar-refractivity contribution in [2.45, 2.75) is 13.5 Å². The Morgan fingerprint density at radius 1 is 1.14 bits per heavy atom. The predicted octanol–water partition coefficient (Wildman–Crippen LogP) is 2.65. The van der Waals surface area contributed by atoms with Gasteiger partial charge in [-0.15, -0.1) is 0 Å². The van der Waals surface area contributed by atoms with Crippen LogP contribution < -0.4 is 11.1 Å². The lowest BCUT2D eigenvalue weighted by molar-refractivity contribution is -0.117. The Balaban J connectivity index is 1.91. The van der Waals surface area contributed by atoms with Crippen molar-refractivity contribution in [2.75, 3.05) is 24.6 Å². The average Bonchev–Trinajstić information content (AvgIpc) is 2.44. The first-order valence-electron chi connectivity index (χ1n) is 6.93. The Kier molecular flexibility index (Phi) is 4.95. The van der Waals surface area contributed by atoms with Crippen LogP contribution in [0.5, 0.6) is 0 Å². The third-order valence-electron chi connectivity index (χ3n) is 3.35. The number of aryl methyl sites for hydroxylation is 1. The predicted molar refractivity (Wildman–Crippen MR) is 87.0 cm³/mol. The highest BCUT2D eigenvalue weighted by atomic mass is 16.2. The van der Waals surface area contributed by atoms with Gasteiger partial charge in [-0.3, -0.25) is 9.69 Å². The Bertz CT molecular complexity index is 625. The maximum Gasteiger partial charge on any atom is 0.238 e. The number of hydrogen-bond donors (Lipinski definition) is 2. The first kappa shape index (κ1) is 15.1. The molecule has 21 heavy (non-hydrogen) atoms. The van der Waals surface area contributed by atoms with Gasteiger partial charge in [-0.25, -0.2) is 0 Å². The quantitative estimate of drug-likeness (QED) is 0.829. The highest BCUT2D eigenvalue weighted by molar-refractivity contribution is 5.95. The van der Waals surface area contributed by atoms with Crippen LogP contribution in [0.2, 0.25) is 0 Å². The highest BCUT2D eigenvalue weighted by Gasteiger charge is 2.09. The summed E-state index contributed by atoms with van der Waals surface area (Å²) in [5, 5.41) is 2.84. The van der Waals surface area contributed by atoms with Gasteiger partial charge in [0.1, 0.15) is 0 Å². The fourth-order valence-electron chi connectivity index (χ4n) is 2.18. The molecule has 0 aromatic heterocycles. The van der Waals surface area contributed by atoms with Crippen molar-refractivity contribution in [3.8, 4) is 0 Å². The summed E-state index contributed by atoms with van der Waals surface area (Å²) in [6, 6.07) is 15.5. The third kappa shape index (κ3) is 4.33. The Morgan fingerprint density at radius 2 is 1.81 bits per heavy atom. The number of amides is 1. The number of nitrogens with two attached hydrogens (primary N) is 1. The molecule has 0 unspecified atom stereocenters. The molecule has 0 spiro atoms. The first-order valence-corrected chi connectivity index (χ1v) is 6.93. The molecule has 2 aromatic carbocycles. The van der Waals surface area contributed by atoms with E-state index in [1.165, 1.54) is 11.1 Å². The summed E-state index contributed by atoms with van der Waals surface area (Å²) in [6.07, 6.45) is 0. The number of nitrogens with one attached hydrogen (secondary N) is 1. The van der Waals surface area contributed by atoms with Crippen molar-refractivity contribution in [2.24, 2.45) is 0 Å².